The summed E-state index contributed by atoms with van der Waals surface area (Å²) in [6.45, 7) is 2.47. The lowest BCUT2D eigenvalue weighted by Gasteiger charge is -2.09. The lowest BCUT2D eigenvalue weighted by Crippen LogP contribution is -2.18. The van der Waals surface area contributed by atoms with E-state index < -0.39 is 0 Å². The van der Waals surface area contributed by atoms with Gasteiger partial charge < -0.3 is 19.5 Å². The van der Waals surface area contributed by atoms with Crippen LogP contribution >= 0.6 is 11.6 Å². The van der Waals surface area contributed by atoms with Gasteiger partial charge in [-0.1, -0.05) is 17.7 Å². The van der Waals surface area contributed by atoms with Gasteiger partial charge in [-0.3, -0.25) is 0 Å². The number of rotatable bonds is 8. The molecule has 0 fully saturated rings. The van der Waals surface area contributed by atoms with Crippen LogP contribution in [0.4, 0.5) is 0 Å². The molecule has 0 aliphatic heterocycles. The summed E-state index contributed by atoms with van der Waals surface area (Å²) in [5, 5.41) is 3.83. The first-order valence-electron chi connectivity index (χ1n) is 5.37. The maximum atomic E-state index is 6.07. The van der Waals surface area contributed by atoms with Gasteiger partial charge in [0, 0.05) is 27.3 Å². The third-order valence-corrected chi connectivity index (χ3v) is 2.44. The molecule has 96 valence electrons. The highest BCUT2D eigenvalue weighted by molar-refractivity contribution is 6.32. The molecule has 5 heteroatoms. The van der Waals surface area contributed by atoms with Crippen LogP contribution in [0.3, 0.4) is 0 Å². The molecule has 17 heavy (non-hydrogen) atoms. The summed E-state index contributed by atoms with van der Waals surface area (Å²) >= 11 is 6.07. The van der Waals surface area contributed by atoms with Gasteiger partial charge in [-0.25, -0.2) is 0 Å². The Hall–Kier alpha value is -0.810. The lowest BCUT2D eigenvalue weighted by atomic mass is 10.2. The van der Waals surface area contributed by atoms with Crippen LogP contribution in [0.5, 0.6) is 5.75 Å². The number of halogens is 1. The standard InChI is InChI=1S/C12H18ClNO3/c1-15-6-5-14-8-10-3-4-12(11(13)7-10)17-9-16-2/h3-4,7,14H,5-6,8-9H2,1-2H3. The molecular weight excluding hydrogens is 242 g/mol. The van der Waals surface area contributed by atoms with Crippen LogP contribution in [-0.2, 0) is 16.0 Å². The first-order chi connectivity index (χ1) is 8.27. The Morgan fingerprint density at radius 3 is 2.71 bits per heavy atom. The molecule has 0 aromatic heterocycles. The van der Waals surface area contributed by atoms with Crippen molar-refractivity contribution in [2.75, 3.05) is 34.2 Å². The molecule has 0 aliphatic rings. The van der Waals surface area contributed by atoms with Crippen LogP contribution in [0.15, 0.2) is 18.2 Å². The minimum Gasteiger partial charge on any atom is -0.466 e. The van der Waals surface area contributed by atoms with E-state index in [9.17, 15) is 0 Å². The zero-order valence-electron chi connectivity index (χ0n) is 10.2. The molecule has 4 nitrogen and oxygen atoms in total. The molecule has 0 aliphatic carbocycles. The fourth-order valence-corrected chi connectivity index (χ4v) is 1.56. The second-order valence-electron chi connectivity index (χ2n) is 3.49. The van der Waals surface area contributed by atoms with Gasteiger partial charge in [0.05, 0.1) is 11.6 Å². The smallest absolute Gasteiger partial charge is 0.188 e. The molecule has 1 rings (SSSR count). The molecule has 0 radical (unpaired) electrons. The zero-order valence-corrected chi connectivity index (χ0v) is 10.9. The van der Waals surface area contributed by atoms with Gasteiger partial charge in [0.2, 0.25) is 0 Å². The predicted molar refractivity (Wildman–Crippen MR) is 67.5 cm³/mol. The minimum atomic E-state index is 0.200. The van der Waals surface area contributed by atoms with Crippen molar-refractivity contribution in [2.24, 2.45) is 0 Å². The first kappa shape index (κ1) is 14.3. The van der Waals surface area contributed by atoms with Gasteiger partial charge in [-0.2, -0.15) is 0 Å². The SMILES string of the molecule is COCCNCc1ccc(OCOC)c(Cl)c1. The zero-order chi connectivity index (χ0) is 12.5. The largest absolute Gasteiger partial charge is 0.466 e. The van der Waals surface area contributed by atoms with E-state index in [0.29, 0.717) is 17.4 Å². The van der Waals surface area contributed by atoms with Crippen molar-refractivity contribution >= 4 is 11.6 Å². The number of hydrogen-bond donors (Lipinski definition) is 1. The Morgan fingerprint density at radius 1 is 1.24 bits per heavy atom. The Kier molecular flexibility index (Phi) is 6.96. The van der Waals surface area contributed by atoms with E-state index in [-0.39, 0.29) is 6.79 Å². The van der Waals surface area contributed by atoms with E-state index in [2.05, 4.69) is 5.32 Å². The fraction of sp³-hybridized carbons (Fsp3) is 0.500. The van der Waals surface area contributed by atoms with E-state index >= 15 is 0 Å². The molecule has 0 amide bonds. The molecule has 1 aromatic carbocycles. The van der Waals surface area contributed by atoms with Crippen molar-refractivity contribution in [3.63, 3.8) is 0 Å². The van der Waals surface area contributed by atoms with Crippen molar-refractivity contribution in [2.45, 2.75) is 6.54 Å². The summed E-state index contributed by atoms with van der Waals surface area (Å²) in [7, 11) is 3.25. The van der Waals surface area contributed by atoms with Gasteiger partial charge in [0.1, 0.15) is 5.75 Å². The quantitative estimate of drug-likeness (QED) is 0.573. The predicted octanol–water partition coefficient (Wildman–Crippen LogP) is 2.06. The van der Waals surface area contributed by atoms with E-state index in [1.54, 1.807) is 14.2 Å². The Labute approximate surface area is 107 Å². The van der Waals surface area contributed by atoms with E-state index in [1.807, 2.05) is 18.2 Å². The average Bonchev–Trinajstić information content (AvgIpc) is 2.34. The molecule has 0 heterocycles. The summed E-state index contributed by atoms with van der Waals surface area (Å²) in [4.78, 5) is 0. The van der Waals surface area contributed by atoms with Crippen LogP contribution in [0.25, 0.3) is 0 Å². The second-order valence-corrected chi connectivity index (χ2v) is 3.89. The molecule has 0 bridgehead atoms. The van der Waals surface area contributed by atoms with Crippen molar-refractivity contribution in [3.8, 4) is 5.75 Å². The van der Waals surface area contributed by atoms with Gasteiger partial charge in [0.15, 0.2) is 6.79 Å². The number of nitrogens with one attached hydrogen (secondary N) is 1. The molecule has 0 spiro atoms. The van der Waals surface area contributed by atoms with Gasteiger partial charge >= 0.3 is 0 Å². The summed E-state index contributed by atoms with van der Waals surface area (Å²) in [6.07, 6.45) is 0. The Morgan fingerprint density at radius 2 is 2.06 bits per heavy atom. The molecule has 0 saturated heterocycles. The third kappa shape index (κ3) is 5.37. The molecule has 1 N–H and O–H groups in total. The van der Waals surface area contributed by atoms with Gasteiger partial charge in [0.25, 0.3) is 0 Å². The topological polar surface area (TPSA) is 39.7 Å². The van der Waals surface area contributed by atoms with Crippen molar-refractivity contribution in [1.82, 2.24) is 5.32 Å². The summed E-state index contributed by atoms with van der Waals surface area (Å²) < 4.78 is 15.0. The van der Waals surface area contributed by atoms with E-state index in [4.69, 9.17) is 25.8 Å². The minimum absolute atomic E-state index is 0.200. The lowest BCUT2D eigenvalue weighted by molar-refractivity contribution is 0.0512. The number of methoxy groups -OCH3 is 2. The van der Waals surface area contributed by atoms with Gasteiger partial charge in [-0.15, -0.1) is 0 Å². The second kappa shape index (κ2) is 8.31. The average molecular weight is 260 g/mol. The normalized spacial score (nSPS) is 10.5. The Balaban J connectivity index is 2.44. The number of benzene rings is 1. The maximum Gasteiger partial charge on any atom is 0.188 e. The maximum absolute atomic E-state index is 6.07. The van der Waals surface area contributed by atoms with Crippen molar-refractivity contribution in [1.29, 1.82) is 0 Å². The highest BCUT2D eigenvalue weighted by atomic mass is 35.5. The summed E-state index contributed by atoms with van der Waals surface area (Å²) in [5.74, 6) is 0.633. The number of ether oxygens (including phenoxy) is 3. The highest BCUT2D eigenvalue weighted by Crippen LogP contribution is 2.25. The van der Waals surface area contributed by atoms with Crippen LogP contribution in [0, 0.1) is 0 Å². The van der Waals surface area contributed by atoms with Crippen LogP contribution in [0.2, 0.25) is 5.02 Å². The molecule has 0 atom stereocenters. The Bertz CT molecular complexity index is 334. The van der Waals surface area contributed by atoms with E-state index in [1.165, 1.54) is 0 Å². The van der Waals surface area contributed by atoms with Crippen LogP contribution in [0.1, 0.15) is 5.56 Å². The van der Waals surface area contributed by atoms with Gasteiger partial charge in [-0.05, 0) is 17.7 Å². The molecule has 0 saturated carbocycles. The molecular formula is C12H18ClNO3. The molecule has 1 aromatic rings. The van der Waals surface area contributed by atoms with Crippen LogP contribution in [-0.4, -0.2) is 34.2 Å². The highest BCUT2D eigenvalue weighted by Gasteiger charge is 2.02. The monoisotopic (exact) mass is 259 g/mol. The van der Waals surface area contributed by atoms with Crippen molar-refractivity contribution in [3.05, 3.63) is 28.8 Å². The molecule has 0 unspecified atom stereocenters. The summed E-state index contributed by atoms with van der Waals surface area (Å²) in [6, 6.07) is 5.69. The van der Waals surface area contributed by atoms with E-state index in [0.717, 1.165) is 18.7 Å². The fourth-order valence-electron chi connectivity index (χ4n) is 1.30. The summed E-state index contributed by atoms with van der Waals surface area (Å²) in [5.41, 5.74) is 1.11. The van der Waals surface area contributed by atoms with Crippen molar-refractivity contribution < 1.29 is 14.2 Å². The number of hydrogen-bond acceptors (Lipinski definition) is 4. The van der Waals surface area contributed by atoms with Crippen LogP contribution < -0.4 is 10.1 Å². The third-order valence-electron chi connectivity index (χ3n) is 2.14. The first-order valence-corrected chi connectivity index (χ1v) is 5.75.